The molecule has 0 saturated carbocycles. The Hall–Kier alpha value is -1.97. The van der Waals surface area contributed by atoms with E-state index in [1.54, 1.807) is 10.7 Å². The number of nitrogens with zero attached hydrogens (tertiary/aromatic N) is 1. The summed E-state index contributed by atoms with van der Waals surface area (Å²) in [4.78, 5) is 11.4. The van der Waals surface area contributed by atoms with E-state index in [-0.39, 0.29) is 5.91 Å². The van der Waals surface area contributed by atoms with Crippen LogP contribution in [0.5, 0.6) is 0 Å². The number of carbonyl (C=O) groups is 1. The maximum atomic E-state index is 11.4. The molecule has 0 radical (unpaired) electrons. The van der Waals surface area contributed by atoms with Gasteiger partial charge in [-0.3, -0.25) is 9.47 Å². The molecule has 0 fully saturated rings. The van der Waals surface area contributed by atoms with Crippen molar-refractivity contribution in [3.05, 3.63) is 35.0 Å². The normalized spacial score (nSPS) is 14.2. The van der Waals surface area contributed by atoms with E-state index in [1.165, 1.54) is 5.56 Å². The van der Waals surface area contributed by atoms with Crippen molar-refractivity contribution in [2.24, 2.45) is 5.73 Å². The first-order valence-corrected chi connectivity index (χ1v) is 5.39. The number of nitrogens with two attached hydrogens (primary N) is 2. The van der Waals surface area contributed by atoms with E-state index in [2.05, 4.69) is 0 Å². The molecule has 0 aliphatic heterocycles. The van der Waals surface area contributed by atoms with Crippen LogP contribution in [0.2, 0.25) is 0 Å². The van der Waals surface area contributed by atoms with Crippen molar-refractivity contribution in [1.29, 1.82) is 0 Å². The maximum Gasteiger partial charge on any atom is 0.249 e. The van der Waals surface area contributed by atoms with E-state index in [0.29, 0.717) is 5.56 Å². The highest BCUT2D eigenvalue weighted by molar-refractivity contribution is 6.01. The fourth-order valence-corrected chi connectivity index (χ4v) is 2.65. The Morgan fingerprint density at radius 1 is 1.31 bits per heavy atom. The highest BCUT2D eigenvalue weighted by Gasteiger charge is 2.20. The van der Waals surface area contributed by atoms with Crippen LogP contribution in [0.1, 0.15) is 27.9 Å². The molecule has 0 spiro atoms. The molecule has 1 amide bonds. The number of aryl methyl sites for hydroxylation is 2. The van der Waals surface area contributed by atoms with Crippen LogP contribution < -0.4 is 11.6 Å². The molecule has 3 rings (SSSR count). The quantitative estimate of drug-likeness (QED) is 0.695. The van der Waals surface area contributed by atoms with Crippen LogP contribution in [-0.4, -0.2) is 10.6 Å². The van der Waals surface area contributed by atoms with Gasteiger partial charge in [-0.25, -0.2) is 0 Å². The van der Waals surface area contributed by atoms with Gasteiger partial charge in [-0.15, -0.1) is 0 Å². The van der Waals surface area contributed by atoms with Gasteiger partial charge >= 0.3 is 0 Å². The second-order valence-corrected chi connectivity index (χ2v) is 4.27. The van der Waals surface area contributed by atoms with E-state index < -0.39 is 0 Å². The topological polar surface area (TPSA) is 74.0 Å². The Bertz CT molecular complexity index is 598. The van der Waals surface area contributed by atoms with Crippen LogP contribution in [0.25, 0.3) is 10.9 Å². The number of amides is 1. The average Bonchev–Trinajstić information content (AvgIpc) is 2.58. The predicted octanol–water partition coefficient (Wildman–Crippen LogP) is 0.943. The van der Waals surface area contributed by atoms with Gasteiger partial charge in [0, 0.05) is 17.1 Å². The fourth-order valence-electron chi connectivity index (χ4n) is 2.65. The smallest absolute Gasteiger partial charge is 0.249 e. The lowest BCUT2D eigenvalue weighted by Gasteiger charge is -2.14. The number of carbonyl (C=O) groups excluding carboxylic acids is 1. The van der Waals surface area contributed by atoms with Gasteiger partial charge in [0.05, 0.1) is 5.52 Å². The number of nitrogen functional groups attached to an aromatic ring is 1. The van der Waals surface area contributed by atoms with E-state index in [0.717, 1.165) is 35.7 Å². The molecule has 0 saturated heterocycles. The van der Waals surface area contributed by atoms with Crippen LogP contribution in [0.15, 0.2) is 18.3 Å². The zero-order chi connectivity index (χ0) is 11.3. The van der Waals surface area contributed by atoms with Crippen molar-refractivity contribution < 1.29 is 4.79 Å². The molecule has 0 unspecified atom stereocenters. The van der Waals surface area contributed by atoms with E-state index in [4.69, 9.17) is 11.6 Å². The van der Waals surface area contributed by atoms with Crippen molar-refractivity contribution in [3.63, 3.8) is 0 Å². The third kappa shape index (κ3) is 1.07. The molecule has 82 valence electrons. The molecule has 1 heterocycles. The summed E-state index contributed by atoms with van der Waals surface area (Å²) in [6, 6.07) is 3.65. The molecule has 1 aliphatic rings. The molecule has 1 aromatic carbocycles. The SMILES string of the molecule is NC(=O)c1ccc2c3c(cn2N)CCCc13. The summed E-state index contributed by atoms with van der Waals surface area (Å²) in [5.41, 5.74) is 9.29. The number of aromatic nitrogens is 1. The van der Waals surface area contributed by atoms with Crippen molar-refractivity contribution >= 4 is 16.8 Å². The molecule has 16 heavy (non-hydrogen) atoms. The Morgan fingerprint density at radius 2 is 2.12 bits per heavy atom. The second-order valence-electron chi connectivity index (χ2n) is 4.27. The first kappa shape index (κ1) is 9.27. The predicted molar refractivity (Wildman–Crippen MR) is 62.6 cm³/mol. The Morgan fingerprint density at radius 3 is 2.88 bits per heavy atom. The molecule has 0 atom stereocenters. The summed E-state index contributed by atoms with van der Waals surface area (Å²) in [7, 11) is 0. The Balaban J connectivity index is 2.44. The highest BCUT2D eigenvalue weighted by atomic mass is 16.1. The number of hydrogen-bond donors (Lipinski definition) is 2. The van der Waals surface area contributed by atoms with Gasteiger partial charge in [0.15, 0.2) is 0 Å². The van der Waals surface area contributed by atoms with E-state index >= 15 is 0 Å². The average molecular weight is 215 g/mol. The van der Waals surface area contributed by atoms with Crippen molar-refractivity contribution in [3.8, 4) is 0 Å². The van der Waals surface area contributed by atoms with Gasteiger partial charge in [0.2, 0.25) is 5.91 Å². The van der Waals surface area contributed by atoms with Gasteiger partial charge in [-0.2, -0.15) is 0 Å². The molecule has 1 aromatic heterocycles. The monoisotopic (exact) mass is 215 g/mol. The Kier molecular flexibility index (Phi) is 1.74. The van der Waals surface area contributed by atoms with Gasteiger partial charge in [-0.1, -0.05) is 0 Å². The minimum Gasteiger partial charge on any atom is -0.366 e. The molecule has 4 nitrogen and oxygen atoms in total. The maximum absolute atomic E-state index is 11.4. The fraction of sp³-hybridized carbons (Fsp3) is 0.250. The number of primary amides is 1. The number of hydrogen-bond acceptors (Lipinski definition) is 2. The lowest BCUT2D eigenvalue weighted by atomic mass is 9.89. The summed E-state index contributed by atoms with van der Waals surface area (Å²) in [5.74, 6) is 5.52. The van der Waals surface area contributed by atoms with Crippen molar-refractivity contribution in [1.82, 2.24) is 4.68 Å². The van der Waals surface area contributed by atoms with Crippen LogP contribution in [0.3, 0.4) is 0 Å². The first-order valence-electron chi connectivity index (χ1n) is 5.39. The van der Waals surface area contributed by atoms with Crippen LogP contribution >= 0.6 is 0 Å². The first-order chi connectivity index (χ1) is 7.68. The van der Waals surface area contributed by atoms with Gasteiger partial charge in [-0.05, 0) is 42.5 Å². The molecular formula is C12H13N3O. The summed E-state index contributed by atoms with van der Waals surface area (Å²) in [6.07, 6.45) is 4.93. The number of benzene rings is 1. The molecule has 4 heteroatoms. The van der Waals surface area contributed by atoms with Crippen molar-refractivity contribution in [2.45, 2.75) is 19.3 Å². The molecule has 1 aliphatic carbocycles. The van der Waals surface area contributed by atoms with Crippen LogP contribution in [-0.2, 0) is 12.8 Å². The summed E-state index contributed by atoms with van der Waals surface area (Å²) in [6.45, 7) is 0. The lowest BCUT2D eigenvalue weighted by molar-refractivity contribution is 0.0999. The van der Waals surface area contributed by atoms with Gasteiger partial charge in [0.1, 0.15) is 0 Å². The zero-order valence-corrected chi connectivity index (χ0v) is 8.86. The Labute approximate surface area is 92.8 Å². The summed E-state index contributed by atoms with van der Waals surface area (Å²) >= 11 is 0. The molecule has 0 bridgehead atoms. The third-order valence-electron chi connectivity index (χ3n) is 3.32. The minimum atomic E-state index is -0.352. The van der Waals surface area contributed by atoms with Crippen molar-refractivity contribution in [2.75, 3.05) is 5.84 Å². The standard InChI is InChI=1S/C12H13N3O/c13-12(16)9-4-5-10-11-7(6-15(10)14)2-1-3-8(9)11/h4-6H,1-3,14H2,(H2,13,16). The van der Waals surface area contributed by atoms with Gasteiger partial charge in [0.25, 0.3) is 0 Å². The van der Waals surface area contributed by atoms with E-state index in [9.17, 15) is 4.79 Å². The third-order valence-corrected chi connectivity index (χ3v) is 3.32. The van der Waals surface area contributed by atoms with E-state index in [1.807, 2.05) is 12.3 Å². The lowest BCUT2D eigenvalue weighted by Crippen LogP contribution is -2.15. The second kappa shape index (κ2) is 3.01. The molecular weight excluding hydrogens is 202 g/mol. The largest absolute Gasteiger partial charge is 0.366 e. The minimum absolute atomic E-state index is 0.352. The summed E-state index contributed by atoms with van der Waals surface area (Å²) in [5, 5.41) is 1.13. The number of rotatable bonds is 1. The van der Waals surface area contributed by atoms with Crippen LogP contribution in [0.4, 0.5) is 0 Å². The molecule has 2 aromatic rings. The molecule has 4 N–H and O–H groups in total. The zero-order valence-electron chi connectivity index (χ0n) is 8.86. The van der Waals surface area contributed by atoms with Gasteiger partial charge < -0.3 is 11.6 Å². The summed E-state index contributed by atoms with van der Waals surface area (Å²) < 4.78 is 1.63. The highest BCUT2D eigenvalue weighted by Crippen LogP contribution is 2.32. The van der Waals surface area contributed by atoms with Crippen LogP contribution in [0, 0.1) is 0 Å².